The normalized spacial score (nSPS) is 17.6. The third-order valence-electron chi connectivity index (χ3n) is 5.61. The number of carbonyl (C=O) groups is 2. The molecule has 0 saturated carbocycles. The van der Waals surface area contributed by atoms with Crippen LogP contribution in [0.15, 0.2) is 66.4 Å². The second kappa shape index (κ2) is 8.48. The van der Waals surface area contributed by atoms with E-state index >= 15 is 0 Å². The van der Waals surface area contributed by atoms with Gasteiger partial charge in [0.25, 0.3) is 11.7 Å². The van der Waals surface area contributed by atoms with Gasteiger partial charge in [0.05, 0.1) is 23.4 Å². The van der Waals surface area contributed by atoms with Crippen LogP contribution in [0.1, 0.15) is 28.4 Å². The molecule has 1 N–H and O–H groups in total. The van der Waals surface area contributed by atoms with E-state index in [1.807, 2.05) is 26.0 Å². The Bertz CT molecular complexity index is 1250. The minimum absolute atomic E-state index is 0.0451. The van der Waals surface area contributed by atoms with Crippen molar-refractivity contribution in [3.8, 4) is 5.75 Å². The van der Waals surface area contributed by atoms with Crippen molar-refractivity contribution in [3.05, 3.63) is 93.8 Å². The number of aryl methyl sites for hydroxylation is 2. The summed E-state index contributed by atoms with van der Waals surface area (Å²) in [5.41, 5.74) is 3.33. The Labute approximate surface area is 190 Å². The molecule has 7 heteroatoms. The summed E-state index contributed by atoms with van der Waals surface area (Å²) in [5.74, 6) is -1.49. The number of ether oxygens (including phenoxy) is 1. The van der Waals surface area contributed by atoms with Gasteiger partial charge in [-0.2, -0.15) is 0 Å². The number of rotatable bonds is 4. The van der Waals surface area contributed by atoms with Crippen LogP contribution in [0, 0.1) is 13.8 Å². The lowest BCUT2D eigenvalue weighted by Gasteiger charge is -2.25. The molecule has 1 aromatic heterocycles. The van der Waals surface area contributed by atoms with Gasteiger partial charge >= 0.3 is 0 Å². The Kier molecular flexibility index (Phi) is 5.72. The van der Waals surface area contributed by atoms with Crippen molar-refractivity contribution >= 4 is 34.7 Å². The quantitative estimate of drug-likeness (QED) is 0.345. The fourth-order valence-corrected chi connectivity index (χ4v) is 3.95. The zero-order chi connectivity index (χ0) is 23.0. The standard InChI is InChI=1S/C25H21ClN2O4/c1-14-7-9-17(12-15(14)2)28-22(19-6-4-5-11-27-19)21(24(30)25(28)31)23(29)16-8-10-18(26)20(13-16)32-3/h4-13,22,29H,1-3H3/b23-21+. The van der Waals surface area contributed by atoms with Crippen molar-refractivity contribution in [2.75, 3.05) is 12.0 Å². The van der Waals surface area contributed by atoms with E-state index in [2.05, 4.69) is 4.98 Å². The Morgan fingerprint density at radius 3 is 2.50 bits per heavy atom. The number of benzene rings is 2. The number of ketones is 1. The summed E-state index contributed by atoms with van der Waals surface area (Å²) in [7, 11) is 1.46. The Hall–Kier alpha value is -3.64. The highest BCUT2D eigenvalue weighted by Gasteiger charge is 2.47. The van der Waals surface area contributed by atoms with Gasteiger partial charge < -0.3 is 9.84 Å². The maximum atomic E-state index is 13.2. The summed E-state index contributed by atoms with van der Waals surface area (Å²) in [5, 5.41) is 11.5. The number of anilines is 1. The second-order valence-electron chi connectivity index (χ2n) is 7.54. The van der Waals surface area contributed by atoms with E-state index in [1.165, 1.54) is 18.1 Å². The largest absolute Gasteiger partial charge is 0.507 e. The van der Waals surface area contributed by atoms with Crippen molar-refractivity contribution in [1.29, 1.82) is 0 Å². The van der Waals surface area contributed by atoms with E-state index in [1.54, 1.807) is 42.6 Å². The summed E-state index contributed by atoms with van der Waals surface area (Å²) in [6, 6.07) is 14.5. The molecule has 1 unspecified atom stereocenters. The van der Waals surface area contributed by atoms with Crippen LogP contribution < -0.4 is 9.64 Å². The van der Waals surface area contributed by atoms with Gasteiger partial charge in [-0.3, -0.25) is 19.5 Å². The molecule has 32 heavy (non-hydrogen) atoms. The highest BCUT2D eigenvalue weighted by Crippen LogP contribution is 2.42. The van der Waals surface area contributed by atoms with Crippen molar-refractivity contribution in [2.45, 2.75) is 19.9 Å². The molecule has 6 nitrogen and oxygen atoms in total. The Balaban J connectivity index is 1.95. The molecule has 0 radical (unpaired) electrons. The molecule has 1 saturated heterocycles. The number of methoxy groups -OCH3 is 1. The number of Topliss-reactive ketones (excluding diaryl/α,β-unsaturated/α-hetero) is 1. The number of halogens is 1. The minimum atomic E-state index is -0.889. The van der Waals surface area contributed by atoms with E-state index in [-0.39, 0.29) is 11.3 Å². The van der Waals surface area contributed by atoms with Gasteiger partial charge in [0.15, 0.2) is 0 Å². The van der Waals surface area contributed by atoms with Crippen molar-refractivity contribution in [3.63, 3.8) is 0 Å². The molecule has 1 atom stereocenters. The van der Waals surface area contributed by atoms with Gasteiger partial charge in [-0.25, -0.2) is 0 Å². The van der Waals surface area contributed by atoms with Gasteiger partial charge in [-0.15, -0.1) is 0 Å². The average Bonchev–Trinajstić information content (AvgIpc) is 3.06. The van der Waals surface area contributed by atoms with Crippen LogP contribution in [0.25, 0.3) is 5.76 Å². The van der Waals surface area contributed by atoms with Crippen LogP contribution in [-0.2, 0) is 9.59 Å². The van der Waals surface area contributed by atoms with E-state index < -0.39 is 17.7 Å². The lowest BCUT2D eigenvalue weighted by Crippen LogP contribution is -2.29. The third kappa shape index (κ3) is 3.63. The lowest BCUT2D eigenvalue weighted by atomic mass is 9.98. The van der Waals surface area contributed by atoms with Crippen LogP contribution in [0.2, 0.25) is 5.02 Å². The predicted octanol–water partition coefficient (Wildman–Crippen LogP) is 4.99. The number of aromatic nitrogens is 1. The fourth-order valence-electron chi connectivity index (χ4n) is 3.75. The van der Waals surface area contributed by atoms with E-state index in [9.17, 15) is 14.7 Å². The molecule has 0 aliphatic carbocycles. The zero-order valence-electron chi connectivity index (χ0n) is 17.8. The minimum Gasteiger partial charge on any atom is -0.507 e. The number of amides is 1. The van der Waals surface area contributed by atoms with Crippen LogP contribution in [-0.4, -0.2) is 28.9 Å². The van der Waals surface area contributed by atoms with E-state index in [4.69, 9.17) is 16.3 Å². The monoisotopic (exact) mass is 448 g/mol. The van der Waals surface area contributed by atoms with Crippen molar-refractivity contribution in [2.24, 2.45) is 0 Å². The Morgan fingerprint density at radius 1 is 1.06 bits per heavy atom. The number of aliphatic hydroxyl groups is 1. The molecule has 3 aromatic rings. The summed E-state index contributed by atoms with van der Waals surface area (Å²) in [6.45, 7) is 3.91. The molecule has 0 bridgehead atoms. The lowest BCUT2D eigenvalue weighted by molar-refractivity contribution is -0.132. The highest BCUT2D eigenvalue weighted by molar-refractivity contribution is 6.51. The van der Waals surface area contributed by atoms with Crippen molar-refractivity contribution < 1.29 is 19.4 Å². The van der Waals surface area contributed by atoms with Gasteiger partial charge in [0.2, 0.25) is 0 Å². The maximum Gasteiger partial charge on any atom is 0.300 e. The molecule has 2 aromatic carbocycles. The fraction of sp³-hybridized carbons (Fsp3) is 0.160. The molecule has 1 fully saturated rings. The summed E-state index contributed by atoms with van der Waals surface area (Å²) in [6.07, 6.45) is 1.58. The van der Waals surface area contributed by atoms with Gasteiger partial charge in [0, 0.05) is 17.4 Å². The first kappa shape index (κ1) is 21.6. The predicted molar refractivity (Wildman–Crippen MR) is 123 cm³/mol. The van der Waals surface area contributed by atoms with Crippen LogP contribution in [0.4, 0.5) is 5.69 Å². The van der Waals surface area contributed by atoms with Crippen molar-refractivity contribution in [1.82, 2.24) is 4.98 Å². The number of hydrogen-bond donors (Lipinski definition) is 1. The molecular formula is C25H21ClN2O4. The molecule has 1 aliphatic heterocycles. The summed E-state index contributed by atoms with van der Waals surface area (Å²) >= 11 is 6.11. The summed E-state index contributed by atoms with van der Waals surface area (Å²) < 4.78 is 5.23. The molecular weight excluding hydrogens is 428 g/mol. The zero-order valence-corrected chi connectivity index (χ0v) is 18.6. The first-order valence-corrected chi connectivity index (χ1v) is 10.3. The first-order chi connectivity index (χ1) is 15.3. The van der Waals surface area contributed by atoms with Crippen LogP contribution in [0.3, 0.4) is 0 Å². The van der Waals surface area contributed by atoms with Gasteiger partial charge in [0.1, 0.15) is 17.6 Å². The topological polar surface area (TPSA) is 79.7 Å². The van der Waals surface area contributed by atoms with E-state index in [0.29, 0.717) is 27.7 Å². The molecule has 4 rings (SSSR count). The smallest absolute Gasteiger partial charge is 0.300 e. The van der Waals surface area contributed by atoms with Crippen LogP contribution in [0.5, 0.6) is 5.75 Å². The van der Waals surface area contributed by atoms with Gasteiger partial charge in [-0.1, -0.05) is 23.7 Å². The molecule has 0 spiro atoms. The maximum absolute atomic E-state index is 13.2. The average molecular weight is 449 g/mol. The molecule has 162 valence electrons. The van der Waals surface area contributed by atoms with E-state index in [0.717, 1.165) is 11.1 Å². The van der Waals surface area contributed by atoms with Gasteiger partial charge in [-0.05, 0) is 67.4 Å². The van der Waals surface area contributed by atoms with Crippen LogP contribution >= 0.6 is 11.6 Å². The number of aliphatic hydroxyl groups excluding tert-OH is 1. The SMILES string of the molecule is COc1cc(/C(O)=C2\C(=O)C(=O)N(c3ccc(C)c(C)c3)C2c2ccccn2)ccc1Cl. The molecule has 1 amide bonds. The first-order valence-electron chi connectivity index (χ1n) is 9.96. The molecule has 2 heterocycles. The number of hydrogen-bond acceptors (Lipinski definition) is 5. The third-order valence-corrected chi connectivity index (χ3v) is 5.92. The summed E-state index contributed by atoms with van der Waals surface area (Å²) in [4.78, 5) is 32.1. The Morgan fingerprint density at radius 2 is 1.84 bits per heavy atom. The number of pyridine rings is 1. The number of carbonyl (C=O) groups excluding carboxylic acids is 2. The highest BCUT2D eigenvalue weighted by atomic mass is 35.5. The second-order valence-corrected chi connectivity index (χ2v) is 7.95. The molecule has 1 aliphatic rings. The number of nitrogens with zero attached hydrogens (tertiary/aromatic N) is 2.